The van der Waals surface area contributed by atoms with Gasteiger partial charge >= 0.3 is 0 Å². The first-order valence-electron chi connectivity index (χ1n) is 4.72. The van der Waals surface area contributed by atoms with E-state index in [0.717, 1.165) is 0 Å². The summed E-state index contributed by atoms with van der Waals surface area (Å²) in [6, 6.07) is 5.43. The fourth-order valence-electron chi connectivity index (χ4n) is 1.43. The molecule has 1 aromatic carbocycles. The number of nitrogens with two attached hydrogens (primary N) is 1. The van der Waals surface area contributed by atoms with Crippen LogP contribution in [0.2, 0.25) is 0 Å². The van der Waals surface area contributed by atoms with Crippen LogP contribution in [-0.2, 0) is 4.79 Å². The Morgan fingerprint density at radius 2 is 2.06 bits per heavy atom. The number of hydrogen-bond acceptors (Lipinski definition) is 2. The second kappa shape index (κ2) is 5.03. The molecule has 16 heavy (non-hydrogen) atoms. The van der Waals surface area contributed by atoms with Crippen molar-refractivity contribution < 1.29 is 9.18 Å². The minimum atomic E-state index is -0.700. The lowest BCUT2D eigenvalue weighted by molar-refractivity contribution is -0.128. The maximum Gasteiger partial charge on any atom is 0.220 e. The van der Waals surface area contributed by atoms with Gasteiger partial charge in [0.05, 0.1) is 0 Å². The van der Waals surface area contributed by atoms with E-state index in [1.54, 1.807) is 25.2 Å². The molecule has 1 unspecified atom stereocenters. The maximum absolute atomic E-state index is 13.6. The summed E-state index contributed by atoms with van der Waals surface area (Å²) >= 11 is 4.87. The highest BCUT2D eigenvalue weighted by atomic mass is 32.1. The van der Waals surface area contributed by atoms with Gasteiger partial charge in [0.25, 0.3) is 0 Å². The van der Waals surface area contributed by atoms with Crippen LogP contribution in [0.3, 0.4) is 0 Å². The van der Waals surface area contributed by atoms with Crippen LogP contribution < -0.4 is 5.73 Å². The lowest BCUT2D eigenvalue weighted by Gasteiger charge is -2.26. The van der Waals surface area contributed by atoms with Crippen molar-refractivity contribution in [2.24, 2.45) is 5.73 Å². The molecule has 0 fully saturated rings. The molecule has 86 valence electrons. The van der Waals surface area contributed by atoms with Crippen molar-refractivity contribution in [3.05, 3.63) is 35.6 Å². The standard InChI is InChI=1S/C11H13FN2OS/c1-7(15)14(2)10(11(13)16)8-5-3-4-6-9(8)12/h3-6,10H,1-2H3,(H2,13,16). The van der Waals surface area contributed by atoms with Crippen LogP contribution >= 0.6 is 12.2 Å². The first kappa shape index (κ1) is 12.6. The third kappa shape index (κ3) is 2.55. The summed E-state index contributed by atoms with van der Waals surface area (Å²) in [5.41, 5.74) is 5.86. The molecule has 5 heteroatoms. The number of halogens is 1. The number of benzene rings is 1. The largest absolute Gasteiger partial charge is 0.391 e. The Morgan fingerprint density at radius 3 is 2.50 bits per heavy atom. The van der Waals surface area contributed by atoms with E-state index in [9.17, 15) is 9.18 Å². The number of likely N-dealkylation sites (N-methyl/N-ethyl adjacent to an activating group) is 1. The smallest absolute Gasteiger partial charge is 0.220 e. The number of nitrogens with zero attached hydrogens (tertiary/aromatic N) is 1. The Balaban J connectivity index is 3.18. The van der Waals surface area contributed by atoms with Gasteiger partial charge in [-0.3, -0.25) is 4.79 Å². The fourth-order valence-corrected chi connectivity index (χ4v) is 1.72. The zero-order valence-electron chi connectivity index (χ0n) is 9.11. The number of carbonyl (C=O) groups is 1. The van der Waals surface area contributed by atoms with E-state index in [1.165, 1.54) is 17.9 Å². The van der Waals surface area contributed by atoms with Gasteiger partial charge in [-0.1, -0.05) is 30.4 Å². The molecule has 1 atom stereocenters. The molecule has 1 amide bonds. The zero-order chi connectivity index (χ0) is 12.3. The molecule has 0 saturated carbocycles. The van der Waals surface area contributed by atoms with Crippen LogP contribution in [0.15, 0.2) is 24.3 Å². The molecular formula is C11H13FN2OS. The normalized spacial score (nSPS) is 11.9. The molecule has 1 rings (SSSR count). The van der Waals surface area contributed by atoms with Crippen molar-refractivity contribution in [2.75, 3.05) is 7.05 Å². The first-order valence-corrected chi connectivity index (χ1v) is 5.13. The highest BCUT2D eigenvalue weighted by Gasteiger charge is 2.24. The summed E-state index contributed by atoms with van der Waals surface area (Å²) in [5.74, 6) is -0.644. The van der Waals surface area contributed by atoms with Gasteiger partial charge in [-0.05, 0) is 6.07 Å². The summed E-state index contributed by atoms with van der Waals surface area (Å²) < 4.78 is 13.6. The summed E-state index contributed by atoms with van der Waals surface area (Å²) in [4.78, 5) is 12.7. The molecule has 0 aliphatic carbocycles. The van der Waals surface area contributed by atoms with E-state index in [0.29, 0.717) is 5.56 Å². The molecule has 2 N–H and O–H groups in total. The van der Waals surface area contributed by atoms with Gasteiger partial charge in [0.15, 0.2) is 0 Å². The molecule has 0 aliphatic heterocycles. The van der Waals surface area contributed by atoms with E-state index < -0.39 is 11.9 Å². The number of carbonyl (C=O) groups excluding carboxylic acids is 1. The molecule has 0 radical (unpaired) electrons. The Labute approximate surface area is 99.0 Å². The van der Waals surface area contributed by atoms with Gasteiger partial charge in [-0.2, -0.15) is 0 Å². The zero-order valence-corrected chi connectivity index (χ0v) is 9.92. The summed E-state index contributed by atoms with van der Waals surface area (Å²) in [5, 5.41) is 0. The molecule has 0 aromatic heterocycles. The SMILES string of the molecule is CC(=O)N(C)C(C(N)=S)c1ccccc1F. The predicted octanol–water partition coefficient (Wildman–Crippen LogP) is 1.63. The maximum atomic E-state index is 13.6. The number of hydrogen-bond donors (Lipinski definition) is 1. The highest BCUT2D eigenvalue weighted by Crippen LogP contribution is 2.22. The third-order valence-corrected chi connectivity index (χ3v) is 2.58. The van der Waals surface area contributed by atoms with Gasteiger partial charge in [0.1, 0.15) is 16.8 Å². The molecule has 0 bridgehead atoms. The third-order valence-electron chi connectivity index (χ3n) is 2.35. The first-order chi connectivity index (χ1) is 7.45. The van der Waals surface area contributed by atoms with Crippen molar-refractivity contribution in [1.82, 2.24) is 4.90 Å². The molecule has 0 aliphatic rings. The van der Waals surface area contributed by atoms with Gasteiger partial charge in [-0.25, -0.2) is 4.39 Å². The van der Waals surface area contributed by atoms with Crippen LogP contribution in [0.4, 0.5) is 4.39 Å². The Hall–Kier alpha value is -1.49. The second-order valence-corrected chi connectivity index (χ2v) is 3.93. The quantitative estimate of drug-likeness (QED) is 0.817. The minimum Gasteiger partial charge on any atom is -0.391 e. The van der Waals surface area contributed by atoms with Crippen molar-refractivity contribution in [3.8, 4) is 0 Å². The van der Waals surface area contributed by atoms with E-state index in [2.05, 4.69) is 0 Å². The molecule has 0 heterocycles. The molecule has 0 spiro atoms. The average Bonchev–Trinajstić information content (AvgIpc) is 2.20. The van der Waals surface area contributed by atoms with Crippen molar-refractivity contribution in [2.45, 2.75) is 13.0 Å². The summed E-state index contributed by atoms with van der Waals surface area (Å²) in [6.07, 6.45) is 0. The lowest BCUT2D eigenvalue weighted by Crippen LogP contribution is -2.37. The molecular weight excluding hydrogens is 227 g/mol. The average molecular weight is 240 g/mol. The summed E-state index contributed by atoms with van der Waals surface area (Å²) in [7, 11) is 1.54. The Morgan fingerprint density at radius 1 is 1.50 bits per heavy atom. The molecule has 3 nitrogen and oxygen atoms in total. The summed E-state index contributed by atoms with van der Waals surface area (Å²) in [6.45, 7) is 1.38. The second-order valence-electron chi connectivity index (χ2n) is 3.46. The van der Waals surface area contributed by atoms with Crippen molar-refractivity contribution in [3.63, 3.8) is 0 Å². The fraction of sp³-hybridized carbons (Fsp3) is 0.273. The van der Waals surface area contributed by atoms with Crippen molar-refractivity contribution >= 4 is 23.1 Å². The van der Waals surface area contributed by atoms with Crippen LogP contribution in [0.5, 0.6) is 0 Å². The lowest BCUT2D eigenvalue weighted by atomic mass is 10.1. The van der Waals surface area contributed by atoms with Gasteiger partial charge in [0, 0.05) is 19.5 Å². The van der Waals surface area contributed by atoms with Crippen LogP contribution in [0.1, 0.15) is 18.5 Å². The van der Waals surface area contributed by atoms with E-state index >= 15 is 0 Å². The molecule has 1 aromatic rings. The van der Waals surface area contributed by atoms with Crippen molar-refractivity contribution in [1.29, 1.82) is 0 Å². The topological polar surface area (TPSA) is 46.3 Å². The van der Waals surface area contributed by atoms with Crippen LogP contribution in [-0.4, -0.2) is 22.8 Å². The minimum absolute atomic E-state index is 0.0720. The molecule has 0 saturated heterocycles. The van der Waals surface area contributed by atoms with E-state index in [4.69, 9.17) is 18.0 Å². The number of thiocarbonyl (C=S) groups is 1. The van der Waals surface area contributed by atoms with Crippen LogP contribution in [0, 0.1) is 5.82 Å². The van der Waals surface area contributed by atoms with Gasteiger partial charge < -0.3 is 10.6 Å². The van der Waals surface area contributed by atoms with E-state index in [-0.39, 0.29) is 10.9 Å². The predicted molar refractivity (Wildman–Crippen MR) is 64.4 cm³/mol. The number of rotatable bonds is 3. The number of amides is 1. The Bertz CT molecular complexity index is 422. The monoisotopic (exact) mass is 240 g/mol. The van der Waals surface area contributed by atoms with Crippen LogP contribution in [0.25, 0.3) is 0 Å². The Kier molecular flexibility index (Phi) is 3.95. The van der Waals surface area contributed by atoms with E-state index in [1.807, 2.05) is 0 Å². The highest BCUT2D eigenvalue weighted by molar-refractivity contribution is 7.80. The van der Waals surface area contributed by atoms with Gasteiger partial charge in [0.2, 0.25) is 5.91 Å². The van der Waals surface area contributed by atoms with Gasteiger partial charge in [-0.15, -0.1) is 0 Å².